The van der Waals surface area contributed by atoms with Gasteiger partial charge in [0.1, 0.15) is 22.6 Å². The minimum Gasteiger partial charge on any atom is -0.457 e. The van der Waals surface area contributed by atoms with Crippen LogP contribution in [0.15, 0.2) is 54.6 Å². The Balaban J connectivity index is 1.32. The van der Waals surface area contributed by atoms with Gasteiger partial charge in [-0.3, -0.25) is 4.79 Å². The smallest absolute Gasteiger partial charge is 0.338 e. The Kier molecular flexibility index (Phi) is 6.52. The van der Waals surface area contributed by atoms with Crippen LogP contribution in [-0.2, 0) is 22.4 Å². The highest BCUT2D eigenvalue weighted by molar-refractivity contribution is 7.16. The lowest BCUT2D eigenvalue weighted by Gasteiger charge is -2.17. The molecule has 4 rings (SSSR count). The number of anilines is 1. The SMILES string of the molecule is CC1CCc2c(sc(NC(=O)COC(=O)c3ccc(Oc4ccccc4)cc3)c2C#N)C1. The number of ether oxygens (including phenoxy) is 2. The first-order valence-electron chi connectivity index (χ1n) is 10.4. The molecular formula is C25H22N2O4S. The van der Waals surface area contributed by atoms with Crippen molar-refractivity contribution in [1.29, 1.82) is 5.26 Å². The van der Waals surface area contributed by atoms with Crippen molar-refractivity contribution in [2.24, 2.45) is 5.92 Å². The average molecular weight is 447 g/mol. The molecule has 0 saturated heterocycles. The van der Waals surface area contributed by atoms with E-state index < -0.39 is 18.5 Å². The number of para-hydroxylation sites is 1. The maximum atomic E-state index is 12.3. The van der Waals surface area contributed by atoms with Crippen LogP contribution >= 0.6 is 11.3 Å². The predicted octanol–water partition coefficient (Wildman–Crippen LogP) is 5.33. The predicted molar refractivity (Wildman–Crippen MR) is 122 cm³/mol. The van der Waals surface area contributed by atoms with Gasteiger partial charge >= 0.3 is 5.97 Å². The number of benzene rings is 2. The summed E-state index contributed by atoms with van der Waals surface area (Å²) in [7, 11) is 0. The van der Waals surface area contributed by atoms with Crippen molar-refractivity contribution in [3.63, 3.8) is 0 Å². The Morgan fingerprint density at radius 1 is 1.12 bits per heavy atom. The first kappa shape index (κ1) is 21.6. The second-order valence-corrected chi connectivity index (χ2v) is 8.84. The van der Waals surface area contributed by atoms with Gasteiger partial charge in [-0.25, -0.2) is 4.79 Å². The van der Waals surface area contributed by atoms with Crippen molar-refractivity contribution in [3.8, 4) is 17.6 Å². The normalized spacial score (nSPS) is 14.7. The van der Waals surface area contributed by atoms with E-state index in [0.29, 0.717) is 33.5 Å². The molecule has 1 N–H and O–H groups in total. The van der Waals surface area contributed by atoms with Gasteiger partial charge in [-0.1, -0.05) is 25.1 Å². The van der Waals surface area contributed by atoms with E-state index in [1.807, 2.05) is 30.3 Å². The van der Waals surface area contributed by atoms with Gasteiger partial charge in [0.15, 0.2) is 6.61 Å². The summed E-state index contributed by atoms with van der Waals surface area (Å²) in [5.74, 6) is 0.782. The first-order chi connectivity index (χ1) is 15.5. The number of thiophene rings is 1. The van der Waals surface area contributed by atoms with Crippen LogP contribution in [0.4, 0.5) is 5.00 Å². The van der Waals surface area contributed by atoms with Crippen LogP contribution in [0.1, 0.15) is 39.7 Å². The molecule has 0 fully saturated rings. The van der Waals surface area contributed by atoms with Crippen molar-refractivity contribution in [1.82, 2.24) is 0 Å². The molecule has 1 unspecified atom stereocenters. The Morgan fingerprint density at radius 3 is 2.56 bits per heavy atom. The summed E-state index contributed by atoms with van der Waals surface area (Å²) < 4.78 is 10.8. The number of nitrogens with one attached hydrogen (secondary N) is 1. The third-order valence-corrected chi connectivity index (χ3v) is 6.45. The Hall–Kier alpha value is -3.63. The Labute approximate surface area is 190 Å². The molecule has 0 spiro atoms. The van der Waals surface area contributed by atoms with Crippen LogP contribution < -0.4 is 10.1 Å². The monoisotopic (exact) mass is 446 g/mol. The number of carbonyl (C=O) groups is 2. The molecule has 1 heterocycles. The highest BCUT2D eigenvalue weighted by Crippen LogP contribution is 2.39. The number of amides is 1. The minimum absolute atomic E-state index is 0.316. The van der Waals surface area contributed by atoms with Gasteiger partial charge in [-0.15, -0.1) is 11.3 Å². The summed E-state index contributed by atoms with van der Waals surface area (Å²) in [6, 6.07) is 18.0. The molecule has 32 heavy (non-hydrogen) atoms. The van der Waals surface area contributed by atoms with E-state index >= 15 is 0 Å². The second kappa shape index (κ2) is 9.67. The quantitative estimate of drug-likeness (QED) is 0.517. The highest BCUT2D eigenvalue weighted by atomic mass is 32.1. The number of esters is 1. The lowest BCUT2D eigenvalue weighted by atomic mass is 9.89. The fourth-order valence-electron chi connectivity index (χ4n) is 3.62. The molecule has 162 valence electrons. The molecule has 6 nitrogen and oxygen atoms in total. The summed E-state index contributed by atoms with van der Waals surface area (Å²) in [4.78, 5) is 25.8. The summed E-state index contributed by atoms with van der Waals surface area (Å²) >= 11 is 1.44. The Bertz CT molecular complexity index is 1160. The van der Waals surface area contributed by atoms with Crippen LogP contribution in [0.2, 0.25) is 0 Å². The number of hydrogen-bond donors (Lipinski definition) is 1. The number of fused-ring (bicyclic) bond motifs is 1. The van der Waals surface area contributed by atoms with Gasteiger partial charge in [-0.05, 0) is 67.1 Å². The van der Waals surface area contributed by atoms with Gasteiger partial charge < -0.3 is 14.8 Å². The van der Waals surface area contributed by atoms with E-state index in [9.17, 15) is 14.9 Å². The van der Waals surface area contributed by atoms with E-state index in [4.69, 9.17) is 9.47 Å². The van der Waals surface area contributed by atoms with Gasteiger partial charge in [0.2, 0.25) is 0 Å². The van der Waals surface area contributed by atoms with Crippen molar-refractivity contribution < 1.29 is 19.1 Å². The molecule has 1 atom stereocenters. The molecule has 2 aromatic carbocycles. The summed E-state index contributed by atoms with van der Waals surface area (Å²) in [6.45, 7) is 1.76. The van der Waals surface area contributed by atoms with Gasteiger partial charge in [0, 0.05) is 4.88 Å². The zero-order valence-electron chi connectivity index (χ0n) is 17.6. The van der Waals surface area contributed by atoms with Gasteiger partial charge in [0.25, 0.3) is 5.91 Å². The molecular weight excluding hydrogens is 424 g/mol. The summed E-state index contributed by atoms with van der Waals surface area (Å²) in [5, 5.41) is 12.8. The molecule has 0 saturated carbocycles. The van der Waals surface area contributed by atoms with E-state index in [1.54, 1.807) is 24.3 Å². The maximum Gasteiger partial charge on any atom is 0.338 e. The number of rotatable bonds is 6. The number of hydrogen-bond acceptors (Lipinski definition) is 6. The highest BCUT2D eigenvalue weighted by Gasteiger charge is 2.24. The fraction of sp³-hybridized carbons (Fsp3) is 0.240. The van der Waals surface area contributed by atoms with Crippen molar-refractivity contribution in [2.75, 3.05) is 11.9 Å². The van der Waals surface area contributed by atoms with Crippen molar-refractivity contribution in [2.45, 2.75) is 26.2 Å². The third kappa shape index (κ3) is 4.98. The van der Waals surface area contributed by atoms with E-state index in [1.165, 1.54) is 11.3 Å². The molecule has 1 aliphatic carbocycles. The molecule has 1 aromatic heterocycles. The molecule has 7 heteroatoms. The molecule has 1 amide bonds. The van der Waals surface area contributed by atoms with Crippen molar-refractivity contribution in [3.05, 3.63) is 76.2 Å². The topological polar surface area (TPSA) is 88.4 Å². The standard InChI is InChI=1S/C25H22N2O4S/c1-16-7-12-20-21(14-26)24(32-22(20)13-16)27-23(28)15-30-25(29)17-8-10-19(11-9-17)31-18-5-3-2-4-6-18/h2-6,8-11,16H,7,12-13,15H2,1H3,(H,27,28). The fourth-order valence-corrected chi connectivity index (χ4v) is 5.00. The lowest BCUT2D eigenvalue weighted by Crippen LogP contribution is -2.20. The zero-order chi connectivity index (χ0) is 22.5. The van der Waals surface area contributed by atoms with Crippen LogP contribution in [0, 0.1) is 17.2 Å². The zero-order valence-corrected chi connectivity index (χ0v) is 18.4. The van der Waals surface area contributed by atoms with E-state index in [2.05, 4.69) is 18.3 Å². The lowest BCUT2D eigenvalue weighted by molar-refractivity contribution is -0.119. The number of carbonyl (C=O) groups excluding carboxylic acids is 2. The van der Waals surface area contributed by atoms with E-state index in [-0.39, 0.29) is 0 Å². The largest absolute Gasteiger partial charge is 0.457 e. The average Bonchev–Trinajstić information content (AvgIpc) is 3.14. The number of nitriles is 1. The molecule has 0 bridgehead atoms. The van der Waals surface area contributed by atoms with Crippen LogP contribution in [0.5, 0.6) is 11.5 Å². The van der Waals surface area contributed by atoms with Gasteiger partial charge in [0.05, 0.1) is 11.1 Å². The Morgan fingerprint density at radius 2 is 1.84 bits per heavy atom. The molecule has 1 aliphatic rings. The van der Waals surface area contributed by atoms with Crippen LogP contribution in [0.25, 0.3) is 0 Å². The third-order valence-electron chi connectivity index (χ3n) is 5.28. The maximum absolute atomic E-state index is 12.3. The minimum atomic E-state index is -0.605. The molecule has 0 radical (unpaired) electrons. The van der Waals surface area contributed by atoms with Crippen molar-refractivity contribution >= 4 is 28.2 Å². The summed E-state index contributed by atoms with van der Waals surface area (Å²) in [5.41, 5.74) is 1.89. The second-order valence-electron chi connectivity index (χ2n) is 7.73. The van der Waals surface area contributed by atoms with E-state index in [0.717, 1.165) is 29.7 Å². The van der Waals surface area contributed by atoms with Crippen LogP contribution in [-0.4, -0.2) is 18.5 Å². The molecule has 3 aromatic rings. The van der Waals surface area contributed by atoms with Gasteiger partial charge in [-0.2, -0.15) is 5.26 Å². The molecule has 0 aliphatic heterocycles. The van der Waals surface area contributed by atoms with Crippen LogP contribution in [0.3, 0.4) is 0 Å². The summed E-state index contributed by atoms with van der Waals surface area (Å²) in [6.07, 6.45) is 2.81. The first-order valence-corrected chi connectivity index (χ1v) is 11.2. The number of nitrogens with zero attached hydrogens (tertiary/aromatic N) is 1.